The number of nitrogens with one attached hydrogen (secondary N) is 1. The molecule has 0 aliphatic carbocycles. The largest absolute Gasteiger partial charge is 0.396 e. The normalized spacial score (nSPS) is 10.6. The van der Waals surface area contributed by atoms with Crippen molar-refractivity contribution in [2.75, 3.05) is 18.9 Å². The predicted octanol–water partition coefficient (Wildman–Crippen LogP) is 3.44. The van der Waals surface area contributed by atoms with Crippen LogP contribution in [0.5, 0.6) is 0 Å². The predicted molar refractivity (Wildman–Crippen MR) is 88.3 cm³/mol. The number of unbranched alkanes of at least 4 members (excludes halogenated alkanes) is 2. The smallest absolute Gasteiger partial charge is 0.230 e. The molecule has 3 nitrogen and oxygen atoms in total. The van der Waals surface area contributed by atoms with E-state index in [0.29, 0.717) is 12.3 Å². The van der Waals surface area contributed by atoms with Crippen LogP contribution < -0.4 is 5.32 Å². The van der Waals surface area contributed by atoms with Crippen LogP contribution in [0.1, 0.15) is 30.4 Å². The number of aliphatic hydroxyl groups is 1. The molecule has 1 amide bonds. The minimum atomic E-state index is 0.0685. The average Bonchev–Trinajstić information content (AvgIpc) is 2.41. The van der Waals surface area contributed by atoms with Crippen LogP contribution in [-0.2, 0) is 4.79 Å². The number of carbonyl (C=O) groups excluding carboxylic acids is 1. The van der Waals surface area contributed by atoms with E-state index in [1.807, 2.05) is 0 Å². The number of aliphatic hydroxyl groups excluding tert-OH is 1. The quantitative estimate of drug-likeness (QED) is 0.552. The van der Waals surface area contributed by atoms with Crippen LogP contribution in [-0.4, -0.2) is 29.9 Å². The zero-order valence-corrected chi connectivity index (χ0v) is 14.4. The molecule has 0 unspecified atom stereocenters. The van der Waals surface area contributed by atoms with Crippen LogP contribution in [0.3, 0.4) is 0 Å². The first-order valence-electron chi connectivity index (χ1n) is 6.81. The van der Waals surface area contributed by atoms with Crippen molar-refractivity contribution >= 4 is 33.6 Å². The maximum Gasteiger partial charge on any atom is 0.230 e. The molecule has 0 aromatic heterocycles. The molecule has 112 valence electrons. The number of halogens is 1. The summed E-state index contributed by atoms with van der Waals surface area (Å²) in [5, 5.41) is 11.6. The molecule has 0 bridgehead atoms. The lowest BCUT2D eigenvalue weighted by atomic mass is 10.2. The van der Waals surface area contributed by atoms with Gasteiger partial charge in [-0.25, -0.2) is 0 Å². The van der Waals surface area contributed by atoms with Crippen LogP contribution >= 0.6 is 27.7 Å². The fourth-order valence-electron chi connectivity index (χ4n) is 1.75. The fourth-order valence-corrected chi connectivity index (χ4v) is 3.14. The van der Waals surface area contributed by atoms with E-state index in [2.05, 4.69) is 47.2 Å². The van der Waals surface area contributed by atoms with Gasteiger partial charge in [-0.15, -0.1) is 11.8 Å². The lowest BCUT2D eigenvalue weighted by Gasteiger charge is -2.09. The molecule has 0 heterocycles. The first-order chi connectivity index (χ1) is 9.54. The lowest BCUT2D eigenvalue weighted by molar-refractivity contribution is -0.118. The highest BCUT2D eigenvalue weighted by Gasteiger charge is 2.06. The first kappa shape index (κ1) is 17.5. The summed E-state index contributed by atoms with van der Waals surface area (Å²) in [4.78, 5) is 12.9. The van der Waals surface area contributed by atoms with Crippen molar-refractivity contribution in [3.8, 4) is 0 Å². The zero-order valence-electron chi connectivity index (χ0n) is 12.0. The maximum atomic E-state index is 11.7. The van der Waals surface area contributed by atoms with Crippen molar-refractivity contribution in [2.24, 2.45) is 0 Å². The molecule has 0 fully saturated rings. The summed E-state index contributed by atoms with van der Waals surface area (Å²) in [6.45, 7) is 5.03. The van der Waals surface area contributed by atoms with Crippen LogP contribution in [0, 0.1) is 13.8 Å². The molecule has 1 rings (SSSR count). The Balaban J connectivity index is 2.32. The summed E-state index contributed by atoms with van der Waals surface area (Å²) in [6, 6.07) is 4.20. The van der Waals surface area contributed by atoms with Gasteiger partial charge in [0.25, 0.3) is 0 Å². The average molecular weight is 360 g/mol. The summed E-state index contributed by atoms with van der Waals surface area (Å²) in [6.07, 6.45) is 2.68. The third kappa shape index (κ3) is 6.29. The van der Waals surface area contributed by atoms with E-state index >= 15 is 0 Å². The number of thioether (sulfide) groups is 1. The van der Waals surface area contributed by atoms with Crippen LogP contribution in [0.25, 0.3) is 0 Å². The van der Waals surface area contributed by atoms with Gasteiger partial charge in [-0.3, -0.25) is 4.79 Å². The van der Waals surface area contributed by atoms with E-state index in [9.17, 15) is 4.79 Å². The highest BCUT2D eigenvalue weighted by atomic mass is 79.9. The van der Waals surface area contributed by atoms with Gasteiger partial charge < -0.3 is 10.4 Å². The Kier molecular flexibility index (Phi) is 8.26. The third-order valence-electron chi connectivity index (χ3n) is 2.97. The van der Waals surface area contributed by atoms with Crippen molar-refractivity contribution in [3.05, 3.63) is 27.7 Å². The summed E-state index contributed by atoms with van der Waals surface area (Å²) in [5.41, 5.74) is 2.37. The van der Waals surface area contributed by atoms with Crippen molar-refractivity contribution in [2.45, 2.75) is 38.0 Å². The molecule has 5 heteroatoms. The van der Waals surface area contributed by atoms with E-state index in [4.69, 9.17) is 5.11 Å². The van der Waals surface area contributed by atoms with Crippen LogP contribution in [0.2, 0.25) is 0 Å². The Morgan fingerprint density at radius 3 is 2.70 bits per heavy atom. The molecule has 1 aromatic rings. The standard InChI is InChI=1S/C15H22BrNO2S/c1-11-9-14(12(2)8-13(11)16)20-10-15(19)17-6-4-3-5-7-18/h8-9,18H,3-7,10H2,1-2H3,(H,17,19). The maximum absolute atomic E-state index is 11.7. The van der Waals surface area contributed by atoms with Gasteiger partial charge in [0, 0.05) is 22.5 Å². The summed E-state index contributed by atoms with van der Waals surface area (Å²) in [7, 11) is 0. The molecule has 0 radical (unpaired) electrons. The summed E-state index contributed by atoms with van der Waals surface area (Å²) in [5.74, 6) is 0.515. The molecule has 0 atom stereocenters. The molecule has 0 spiro atoms. The number of hydrogen-bond donors (Lipinski definition) is 2. The van der Waals surface area contributed by atoms with E-state index < -0.39 is 0 Å². The Morgan fingerprint density at radius 1 is 1.25 bits per heavy atom. The topological polar surface area (TPSA) is 49.3 Å². The summed E-state index contributed by atoms with van der Waals surface area (Å²) < 4.78 is 1.10. The number of hydrogen-bond acceptors (Lipinski definition) is 3. The Labute approximate surface area is 133 Å². The van der Waals surface area contributed by atoms with E-state index in [1.165, 1.54) is 11.1 Å². The van der Waals surface area contributed by atoms with Gasteiger partial charge in [0.2, 0.25) is 5.91 Å². The molecule has 0 saturated heterocycles. The van der Waals surface area contributed by atoms with Gasteiger partial charge in [0.15, 0.2) is 0 Å². The highest BCUT2D eigenvalue weighted by molar-refractivity contribution is 9.10. The van der Waals surface area contributed by atoms with Gasteiger partial charge in [-0.1, -0.05) is 15.9 Å². The van der Waals surface area contributed by atoms with Crippen molar-refractivity contribution < 1.29 is 9.90 Å². The number of carbonyl (C=O) groups is 1. The van der Waals surface area contributed by atoms with Crippen LogP contribution in [0.4, 0.5) is 0 Å². The fraction of sp³-hybridized carbons (Fsp3) is 0.533. The van der Waals surface area contributed by atoms with E-state index in [-0.39, 0.29) is 12.5 Å². The zero-order chi connectivity index (χ0) is 15.0. The molecular weight excluding hydrogens is 338 g/mol. The third-order valence-corrected chi connectivity index (χ3v) is 4.98. The Bertz CT molecular complexity index is 452. The van der Waals surface area contributed by atoms with Crippen molar-refractivity contribution in [3.63, 3.8) is 0 Å². The number of aryl methyl sites for hydroxylation is 2. The molecule has 0 aliphatic rings. The minimum Gasteiger partial charge on any atom is -0.396 e. The molecule has 0 saturated carbocycles. The molecule has 20 heavy (non-hydrogen) atoms. The number of amides is 1. The van der Waals surface area contributed by atoms with Gasteiger partial charge in [-0.05, 0) is 56.4 Å². The molecule has 1 aromatic carbocycles. The highest BCUT2D eigenvalue weighted by Crippen LogP contribution is 2.28. The van der Waals surface area contributed by atoms with Gasteiger partial charge >= 0.3 is 0 Å². The van der Waals surface area contributed by atoms with Crippen molar-refractivity contribution in [1.82, 2.24) is 5.32 Å². The second kappa shape index (κ2) is 9.42. The minimum absolute atomic E-state index is 0.0685. The van der Waals surface area contributed by atoms with Gasteiger partial charge in [-0.2, -0.15) is 0 Å². The first-order valence-corrected chi connectivity index (χ1v) is 8.59. The van der Waals surface area contributed by atoms with Crippen LogP contribution in [0.15, 0.2) is 21.5 Å². The molecule has 0 aliphatic heterocycles. The van der Waals surface area contributed by atoms with E-state index in [0.717, 1.165) is 28.6 Å². The Hall–Kier alpha value is -0.520. The molecule has 2 N–H and O–H groups in total. The summed E-state index contributed by atoms with van der Waals surface area (Å²) >= 11 is 5.08. The second-order valence-corrected chi connectivity index (χ2v) is 6.66. The number of rotatable bonds is 8. The second-order valence-electron chi connectivity index (χ2n) is 4.79. The van der Waals surface area contributed by atoms with Crippen molar-refractivity contribution in [1.29, 1.82) is 0 Å². The monoisotopic (exact) mass is 359 g/mol. The number of benzene rings is 1. The van der Waals surface area contributed by atoms with E-state index in [1.54, 1.807) is 11.8 Å². The Morgan fingerprint density at radius 2 is 2.00 bits per heavy atom. The van der Waals surface area contributed by atoms with Gasteiger partial charge in [0.05, 0.1) is 5.75 Å². The lowest BCUT2D eigenvalue weighted by Crippen LogP contribution is -2.26. The SMILES string of the molecule is Cc1cc(SCC(=O)NCCCCCO)c(C)cc1Br. The van der Waals surface area contributed by atoms with Gasteiger partial charge in [0.1, 0.15) is 0 Å². The molecular formula is C15H22BrNO2S.